The number of amides is 1. The van der Waals surface area contributed by atoms with Crippen molar-refractivity contribution in [2.45, 2.75) is 38.5 Å². The van der Waals surface area contributed by atoms with Crippen molar-refractivity contribution in [3.63, 3.8) is 0 Å². The fourth-order valence-corrected chi connectivity index (χ4v) is 3.54. The Morgan fingerprint density at radius 1 is 0.703 bits per heavy atom. The van der Waals surface area contributed by atoms with Gasteiger partial charge in [-0.3, -0.25) is 9.59 Å². The fourth-order valence-electron chi connectivity index (χ4n) is 3.54. The highest BCUT2D eigenvalue weighted by molar-refractivity contribution is 5.86. The number of ether oxygens (including phenoxy) is 4. The van der Waals surface area contributed by atoms with Crippen molar-refractivity contribution in [2.24, 2.45) is 0 Å². The van der Waals surface area contributed by atoms with Crippen molar-refractivity contribution >= 4 is 17.8 Å². The van der Waals surface area contributed by atoms with E-state index in [9.17, 15) is 14.4 Å². The van der Waals surface area contributed by atoms with Gasteiger partial charge >= 0.3 is 11.9 Å². The molecular weight excluding hydrogens is 474 g/mol. The number of hydrogen-bond donors (Lipinski definition) is 1. The van der Waals surface area contributed by atoms with Crippen LogP contribution in [0.4, 0.5) is 0 Å². The van der Waals surface area contributed by atoms with Crippen molar-refractivity contribution in [1.82, 2.24) is 5.32 Å². The van der Waals surface area contributed by atoms with E-state index in [4.69, 9.17) is 14.2 Å². The molecule has 0 aliphatic carbocycles. The minimum absolute atomic E-state index is 0.0822. The van der Waals surface area contributed by atoms with Crippen LogP contribution in [0.3, 0.4) is 0 Å². The number of benzene rings is 3. The summed E-state index contributed by atoms with van der Waals surface area (Å²) in [4.78, 5) is 36.0. The van der Waals surface area contributed by atoms with Crippen LogP contribution in [0, 0.1) is 0 Å². The summed E-state index contributed by atoms with van der Waals surface area (Å²) in [5, 5.41) is 2.64. The molecule has 0 saturated heterocycles. The second-order valence-electron chi connectivity index (χ2n) is 8.25. The van der Waals surface area contributed by atoms with Gasteiger partial charge in [0.1, 0.15) is 19.3 Å². The summed E-state index contributed by atoms with van der Waals surface area (Å²) in [6.45, 7) is 0.694. The zero-order chi connectivity index (χ0) is 26.5. The number of nitrogens with one attached hydrogen (secondary N) is 1. The standard InChI is InChI=1S/C29H31NO7/c1-34-28(32)16-15-27(31)30-24(29(33)35-2)17-23-13-14-25(36-19-21-9-5-3-6-10-21)26(18-23)37-20-22-11-7-4-8-12-22/h3-14,18,24H,15-17,19-20H2,1-2H3,(H,30,31)/t24-/m1/s1. The third kappa shape index (κ3) is 9.00. The zero-order valence-corrected chi connectivity index (χ0v) is 21.0. The number of hydrogen-bond acceptors (Lipinski definition) is 7. The van der Waals surface area contributed by atoms with Gasteiger partial charge in [0, 0.05) is 12.8 Å². The first-order valence-electron chi connectivity index (χ1n) is 11.9. The van der Waals surface area contributed by atoms with Crippen molar-refractivity contribution in [2.75, 3.05) is 14.2 Å². The van der Waals surface area contributed by atoms with Crippen LogP contribution < -0.4 is 14.8 Å². The molecule has 0 fully saturated rings. The molecule has 194 valence electrons. The van der Waals surface area contributed by atoms with Crippen LogP contribution in [0.1, 0.15) is 29.5 Å². The lowest BCUT2D eigenvalue weighted by Crippen LogP contribution is -2.43. The maximum absolute atomic E-state index is 12.4. The first-order chi connectivity index (χ1) is 18.0. The molecule has 1 atom stereocenters. The second-order valence-corrected chi connectivity index (χ2v) is 8.25. The molecule has 8 nitrogen and oxygen atoms in total. The Morgan fingerprint density at radius 3 is 1.86 bits per heavy atom. The molecule has 0 aliphatic rings. The molecule has 0 bridgehead atoms. The minimum Gasteiger partial charge on any atom is -0.485 e. The van der Waals surface area contributed by atoms with Crippen LogP contribution >= 0.6 is 0 Å². The Kier molecular flexibility index (Phi) is 10.5. The normalized spacial score (nSPS) is 11.2. The molecule has 0 aromatic heterocycles. The van der Waals surface area contributed by atoms with E-state index in [0.717, 1.165) is 16.7 Å². The summed E-state index contributed by atoms with van der Waals surface area (Å²) in [7, 11) is 2.51. The third-order valence-electron chi connectivity index (χ3n) is 5.53. The number of carbonyl (C=O) groups excluding carboxylic acids is 3. The quantitative estimate of drug-likeness (QED) is 0.351. The highest BCUT2D eigenvalue weighted by atomic mass is 16.5. The molecule has 1 N–H and O–H groups in total. The molecule has 3 rings (SSSR count). The van der Waals surface area contributed by atoms with Crippen LogP contribution in [0.2, 0.25) is 0 Å². The molecule has 0 spiro atoms. The average Bonchev–Trinajstić information content (AvgIpc) is 2.94. The lowest BCUT2D eigenvalue weighted by Gasteiger charge is -2.18. The summed E-state index contributed by atoms with van der Waals surface area (Å²) in [5.74, 6) is -0.485. The molecule has 0 heterocycles. The minimum atomic E-state index is -0.937. The molecule has 3 aromatic rings. The number of methoxy groups -OCH3 is 2. The predicted octanol–water partition coefficient (Wildman–Crippen LogP) is 4.00. The molecule has 0 aliphatic heterocycles. The van der Waals surface area contributed by atoms with Crippen molar-refractivity contribution in [3.8, 4) is 11.5 Å². The van der Waals surface area contributed by atoms with Gasteiger partial charge in [-0.1, -0.05) is 66.7 Å². The molecule has 0 saturated carbocycles. The molecule has 8 heteroatoms. The van der Waals surface area contributed by atoms with Crippen molar-refractivity contribution in [1.29, 1.82) is 0 Å². The van der Waals surface area contributed by atoms with E-state index in [2.05, 4.69) is 10.1 Å². The Hall–Kier alpha value is -4.33. The van der Waals surface area contributed by atoms with Gasteiger partial charge in [-0.2, -0.15) is 0 Å². The SMILES string of the molecule is COC(=O)CCC(=O)N[C@H](Cc1ccc(OCc2ccccc2)c(OCc2ccccc2)c1)C(=O)OC. The van der Waals surface area contributed by atoms with Gasteiger partial charge in [-0.15, -0.1) is 0 Å². The van der Waals surface area contributed by atoms with Crippen LogP contribution in [0.5, 0.6) is 11.5 Å². The van der Waals surface area contributed by atoms with Gasteiger partial charge in [0.25, 0.3) is 0 Å². The van der Waals surface area contributed by atoms with Crippen LogP contribution in [-0.2, 0) is 43.5 Å². The number of esters is 2. The van der Waals surface area contributed by atoms with E-state index < -0.39 is 23.9 Å². The smallest absolute Gasteiger partial charge is 0.328 e. The molecular formula is C29H31NO7. The van der Waals surface area contributed by atoms with Gasteiger partial charge in [-0.25, -0.2) is 4.79 Å². The summed E-state index contributed by atoms with van der Waals surface area (Å²) >= 11 is 0. The largest absolute Gasteiger partial charge is 0.485 e. The van der Waals surface area contributed by atoms with Crippen molar-refractivity contribution in [3.05, 3.63) is 95.6 Å². The summed E-state index contributed by atoms with van der Waals surface area (Å²) in [6.07, 6.45) is -0.0175. The number of rotatable bonds is 13. The predicted molar refractivity (Wildman–Crippen MR) is 137 cm³/mol. The van der Waals surface area contributed by atoms with Crippen LogP contribution in [0.25, 0.3) is 0 Å². The van der Waals surface area contributed by atoms with Gasteiger partial charge in [-0.05, 0) is 28.8 Å². The summed E-state index contributed by atoms with van der Waals surface area (Å²) in [6, 6.07) is 24.0. The second kappa shape index (κ2) is 14.3. The molecule has 1 amide bonds. The average molecular weight is 506 g/mol. The van der Waals surface area contributed by atoms with E-state index in [-0.39, 0.29) is 19.3 Å². The summed E-state index contributed by atoms with van der Waals surface area (Å²) in [5.41, 5.74) is 2.74. The Labute approximate surface area is 216 Å². The first kappa shape index (κ1) is 27.3. The highest BCUT2D eigenvalue weighted by Crippen LogP contribution is 2.30. The van der Waals surface area contributed by atoms with Crippen LogP contribution in [-0.4, -0.2) is 38.1 Å². The van der Waals surface area contributed by atoms with E-state index in [1.165, 1.54) is 14.2 Å². The molecule has 0 radical (unpaired) electrons. The highest BCUT2D eigenvalue weighted by Gasteiger charge is 2.23. The lowest BCUT2D eigenvalue weighted by atomic mass is 10.0. The topological polar surface area (TPSA) is 100 Å². The van der Waals surface area contributed by atoms with E-state index in [0.29, 0.717) is 24.7 Å². The molecule has 3 aromatic carbocycles. The van der Waals surface area contributed by atoms with E-state index in [1.54, 1.807) is 12.1 Å². The van der Waals surface area contributed by atoms with Gasteiger partial charge < -0.3 is 24.3 Å². The lowest BCUT2D eigenvalue weighted by molar-refractivity contribution is -0.145. The van der Waals surface area contributed by atoms with E-state index in [1.807, 2.05) is 66.7 Å². The van der Waals surface area contributed by atoms with Gasteiger partial charge in [0.05, 0.1) is 20.6 Å². The molecule has 37 heavy (non-hydrogen) atoms. The molecule has 0 unspecified atom stereocenters. The van der Waals surface area contributed by atoms with Gasteiger partial charge in [0.15, 0.2) is 11.5 Å². The number of carbonyl (C=O) groups is 3. The summed E-state index contributed by atoms with van der Waals surface area (Å²) < 4.78 is 21.6. The first-order valence-corrected chi connectivity index (χ1v) is 11.9. The zero-order valence-electron chi connectivity index (χ0n) is 21.0. The Bertz CT molecular complexity index is 1170. The van der Waals surface area contributed by atoms with Crippen LogP contribution in [0.15, 0.2) is 78.9 Å². The fraction of sp³-hybridized carbons (Fsp3) is 0.276. The third-order valence-corrected chi connectivity index (χ3v) is 5.53. The van der Waals surface area contributed by atoms with E-state index >= 15 is 0 Å². The Morgan fingerprint density at radius 2 is 1.30 bits per heavy atom. The Balaban J connectivity index is 1.76. The monoisotopic (exact) mass is 505 g/mol. The van der Waals surface area contributed by atoms with Gasteiger partial charge in [0.2, 0.25) is 5.91 Å². The maximum atomic E-state index is 12.4. The maximum Gasteiger partial charge on any atom is 0.328 e. The van der Waals surface area contributed by atoms with Crippen molar-refractivity contribution < 1.29 is 33.3 Å².